The maximum atomic E-state index is 13.7. The van der Waals surface area contributed by atoms with Crippen molar-refractivity contribution in [3.05, 3.63) is 108 Å². The van der Waals surface area contributed by atoms with E-state index in [-0.39, 0.29) is 18.8 Å². The normalized spacial score (nSPS) is 16.9. The van der Waals surface area contributed by atoms with Crippen LogP contribution in [0.1, 0.15) is 35.5 Å². The van der Waals surface area contributed by atoms with Crippen LogP contribution in [-0.2, 0) is 15.8 Å². The molecule has 11 heteroatoms. The highest BCUT2D eigenvalue weighted by molar-refractivity contribution is 6.02. The Hall–Kier alpha value is -5.42. The van der Waals surface area contributed by atoms with Gasteiger partial charge < -0.3 is 26.2 Å². The second-order valence-corrected chi connectivity index (χ2v) is 11.1. The van der Waals surface area contributed by atoms with E-state index in [1.807, 2.05) is 6.07 Å². The van der Waals surface area contributed by atoms with E-state index in [1.54, 1.807) is 61.9 Å². The van der Waals surface area contributed by atoms with Crippen LogP contribution in [0.5, 0.6) is 5.75 Å². The van der Waals surface area contributed by atoms with Crippen molar-refractivity contribution in [1.82, 2.24) is 20.3 Å². The van der Waals surface area contributed by atoms with Gasteiger partial charge in [0.25, 0.3) is 5.91 Å². The Morgan fingerprint density at radius 1 is 1.09 bits per heavy atom. The van der Waals surface area contributed by atoms with Crippen LogP contribution >= 0.6 is 0 Å². The van der Waals surface area contributed by atoms with Gasteiger partial charge in [-0.15, -0.1) is 0 Å². The van der Waals surface area contributed by atoms with E-state index in [1.165, 1.54) is 31.2 Å². The second-order valence-electron chi connectivity index (χ2n) is 11.1. The van der Waals surface area contributed by atoms with E-state index >= 15 is 0 Å². The number of ether oxygens (including phenoxy) is 1. The molecule has 0 saturated heterocycles. The van der Waals surface area contributed by atoms with E-state index in [2.05, 4.69) is 25.6 Å². The van der Waals surface area contributed by atoms with Crippen LogP contribution in [0.15, 0.2) is 85.3 Å². The van der Waals surface area contributed by atoms with Gasteiger partial charge in [-0.05, 0) is 74.5 Å². The third-order valence-corrected chi connectivity index (χ3v) is 7.81. The van der Waals surface area contributed by atoms with Crippen LogP contribution in [0.2, 0.25) is 0 Å². The summed E-state index contributed by atoms with van der Waals surface area (Å²) < 4.78 is 19.6. The molecular formula is C33H29FN6O4. The van der Waals surface area contributed by atoms with Gasteiger partial charge in [-0.3, -0.25) is 19.6 Å². The molecule has 0 aliphatic carbocycles. The van der Waals surface area contributed by atoms with Gasteiger partial charge in [-0.1, -0.05) is 6.07 Å². The summed E-state index contributed by atoms with van der Waals surface area (Å²) >= 11 is 0. The Kier molecular flexibility index (Phi) is 7.18. The molecule has 1 aliphatic heterocycles. The number of nitrogens with one attached hydrogen (secondary N) is 2. The zero-order chi connectivity index (χ0) is 31.1. The lowest BCUT2D eigenvalue weighted by Gasteiger charge is -2.26. The van der Waals surface area contributed by atoms with Gasteiger partial charge in [-0.2, -0.15) is 0 Å². The van der Waals surface area contributed by atoms with Crippen LogP contribution < -0.4 is 21.1 Å². The molecule has 10 nitrogen and oxygen atoms in total. The molecule has 2 aromatic carbocycles. The first kappa shape index (κ1) is 28.7. The third kappa shape index (κ3) is 5.29. The molecule has 3 aromatic heterocycles. The van der Waals surface area contributed by atoms with Crippen molar-refractivity contribution < 1.29 is 23.8 Å². The lowest BCUT2D eigenvalue weighted by atomic mass is 9.82. The summed E-state index contributed by atoms with van der Waals surface area (Å²) in [6, 6.07) is 17.9. The Morgan fingerprint density at radius 2 is 1.84 bits per heavy atom. The lowest BCUT2D eigenvalue weighted by Crippen LogP contribution is -2.41. The number of aromatic nitrogens is 3. The molecule has 5 aromatic rings. The van der Waals surface area contributed by atoms with Crippen molar-refractivity contribution in [2.24, 2.45) is 5.73 Å². The van der Waals surface area contributed by atoms with E-state index in [0.717, 1.165) is 11.1 Å². The number of fused-ring (bicyclic) bond motifs is 2. The van der Waals surface area contributed by atoms with Gasteiger partial charge in [0, 0.05) is 46.4 Å². The minimum absolute atomic E-state index is 0.0114. The zero-order valence-electron chi connectivity index (χ0n) is 24.0. The number of hydrogen-bond acceptors (Lipinski definition) is 8. The number of rotatable bonds is 8. The molecule has 5 N–H and O–H groups in total. The second kappa shape index (κ2) is 11.0. The maximum absolute atomic E-state index is 13.7. The molecule has 2 atom stereocenters. The van der Waals surface area contributed by atoms with E-state index in [0.29, 0.717) is 39.3 Å². The number of hydrogen-bond donors (Lipinski definition) is 4. The number of nitrogens with two attached hydrogens (primary N) is 1. The minimum Gasteiger partial charge on any atom is -0.489 e. The summed E-state index contributed by atoms with van der Waals surface area (Å²) in [7, 11) is 0. The first-order valence-corrected chi connectivity index (χ1v) is 13.9. The molecule has 0 saturated carbocycles. The van der Waals surface area contributed by atoms with Crippen molar-refractivity contribution in [2.45, 2.75) is 24.9 Å². The van der Waals surface area contributed by atoms with Gasteiger partial charge in [0.15, 0.2) is 0 Å². The smallest absolute Gasteiger partial charge is 0.251 e. The van der Waals surface area contributed by atoms with Gasteiger partial charge in [0.05, 0.1) is 23.4 Å². The number of primary amides is 1. The molecule has 44 heavy (non-hydrogen) atoms. The average Bonchev–Trinajstić information content (AvgIpc) is 3.38. The monoisotopic (exact) mass is 592 g/mol. The highest BCUT2D eigenvalue weighted by atomic mass is 19.1. The highest BCUT2D eigenvalue weighted by Crippen LogP contribution is 2.45. The summed E-state index contributed by atoms with van der Waals surface area (Å²) in [6.07, 6.45) is 4.99. The van der Waals surface area contributed by atoms with Crippen LogP contribution in [0, 0.1) is 5.82 Å². The first-order valence-electron chi connectivity index (χ1n) is 13.9. The first-order chi connectivity index (χ1) is 21.0. The molecule has 0 spiro atoms. The minimum atomic E-state index is -1.68. The molecule has 0 fully saturated rings. The predicted octanol–water partition coefficient (Wildman–Crippen LogP) is 4.35. The van der Waals surface area contributed by atoms with Crippen LogP contribution in [0.3, 0.4) is 0 Å². The number of carbonyl (C=O) groups excluding carboxylic acids is 2. The van der Waals surface area contributed by atoms with E-state index in [4.69, 9.17) is 10.5 Å². The molecule has 2 amide bonds. The Labute approximate surface area is 252 Å². The van der Waals surface area contributed by atoms with Crippen molar-refractivity contribution in [3.63, 3.8) is 0 Å². The molecule has 0 bridgehead atoms. The Morgan fingerprint density at radius 3 is 2.57 bits per heavy atom. The SMILES string of the molecule is C[C@](O)(CNC(=O)c1cc(Nc2ccncc2)c2ncccc2c1)c1cc2c(c(-c3ccc(F)cc3)n1)OC[C@]2(C)C(N)=O. The van der Waals surface area contributed by atoms with Crippen LogP contribution in [-0.4, -0.2) is 45.0 Å². The predicted molar refractivity (Wildman–Crippen MR) is 163 cm³/mol. The van der Waals surface area contributed by atoms with Crippen LogP contribution in [0.4, 0.5) is 15.8 Å². The molecule has 1 aliphatic rings. The Balaban J connectivity index is 1.32. The summed E-state index contributed by atoms with van der Waals surface area (Å²) in [5.74, 6) is -1.13. The van der Waals surface area contributed by atoms with Gasteiger partial charge in [0.1, 0.15) is 34.9 Å². The molecule has 222 valence electrons. The maximum Gasteiger partial charge on any atom is 0.251 e. The fourth-order valence-corrected chi connectivity index (χ4v) is 5.12. The molecule has 6 rings (SSSR count). The van der Waals surface area contributed by atoms with Gasteiger partial charge in [0.2, 0.25) is 5.91 Å². The molecule has 4 heterocycles. The number of aliphatic hydroxyl groups is 1. The molecule has 0 unspecified atom stereocenters. The number of anilines is 2. The molecule has 0 radical (unpaired) electrons. The number of benzene rings is 2. The van der Waals surface area contributed by atoms with Crippen molar-refractivity contribution >= 4 is 34.1 Å². The number of nitrogens with zero attached hydrogens (tertiary/aromatic N) is 3. The van der Waals surface area contributed by atoms with Gasteiger partial charge >= 0.3 is 0 Å². The fourth-order valence-electron chi connectivity index (χ4n) is 5.12. The summed E-state index contributed by atoms with van der Waals surface area (Å²) in [6.45, 7) is 2.94. The summed E-state index contributed by atoms with van der Waals surface area (Å²) in [4.78, 5) is 39.1. The third-order valence-electron chi connectivity index (χ3n) is 7.81. The van der Waals surface area contributed by atoms with Crippen molar-refractivity contribution in [1.29, 1.82) is 0 Å². The zero-order valence-corrected chi connectivity index (χ0v) is 24.0. The molecular weight excluding hydrogens is 563 g/mol. The van der Waals surface area contributed by atoms with E-state index in [9.17, 15) is 19.1 Å². The Bertz CT molecular complexity index is 1900. The summed E-state index contributed by atoms with van der Waals surface area (Å²) in [5, 5.41) is 18.5. The number of carbonyl (C=O) groups is 2. The standard InChI is InChI=1S/C33H29FN6O4/c1-32(31(35)42)18-44-29-24(32)16-26(40-28(29)19-5-7-22(34)8-6-19)33(2,43)17-38-30(41)21-14-20-4-3-11-37-27(20)25(15-21)39-23-9-12-36-13-10-23/h3-16,43H,17-18H2,1-2H3,(H2,35,42)(H,36,39)(H,38,41)/t32-,33-/m0/s1. The fraction of sp³-hybridized carbons (Fsp3) is 0.182. The van der Waals surface area contributed by atoms with E-state index < -0.39 is 28.6 Å². The van der Waals surface area contributed by atoms with Crippen molar-refractivity contribution in [2.75, 3.05) is 18.5 Å². The number of halogens is 1. The quantitative estimate of drug-likeness (QED) is 0.208. The number of pyridine rings is 3. The van der Waals surface area contributed by atoms with Crippen molar-refractivity contribution in [3.8, 4) is 17.0 Å². The largest absolute Gasteiger partial charge is 0.489 e. The van der Waals surface area contributed by atoms with Crippen LogP contribution in [0.25, 0.3) is 22.2 Å². The topological polar surface area (TPSA) is 152 Å². The summed E-state index contributed by atoms with van der Waals surface area (Å²) in [5.41, 5.74) is 6.80. The average molecular weight is 593 g/mol. The number of amides is 2. The highest BCUT2D eigenvalue weighted by Gasteiger charge is 2.45. The van der Waals surface area contributed by atoms with Gasteiger partial charge in [-0.25, -0.2) is 9.37 Å². The lowest BCUT2D eigenvalue weighted by molar-refractivity contribution is -0.123.